The molecule has 6 aliphatic rings. The molecule has 6 heterocycles. The van der Waals surface area contributed by atoms with Crippen LogP contribution < -0.4 is 31.3 Å². The molecule has 0 aliphatic carbocycles. The molecule has 0 unspecified atom stereocenters. The molecule has 6 fully saturated rings. The maximum Gasteiger partial charge on any atom is 0.513 e. The lowest BCUT2D eigenvalue weighted by molar-refractivity contribution is -0.197. The van der Waals surface area contributed by atoms with Gasteiger partial charge in [0.2, 0.25) is 29.5 Å². The smallest absolute Gasteiger partial charge is 0.466 e. The minimum Gasteiger partial charge on any atom is -0.466 e. The number of aryl methyl sites for hydroxylation is 1. The van der Waals surface area contributed by atoms with Gasteiger partial charge in [0.1, 0.15) is 5.75 Å². The second kappa shape index (κ2) is 90.4. The van der Waals surface area contributed by atoms with E-state index in [4.69, 9.17) is 4.74 Å². The number of nitrogens with one attached hydrogen (secondary N) is 5. The summed E-state index contributed by atoms with van der Waals surface area (Å²) in [5.41, 5.74) is 1.12. The molecule has 0 bridgehead atoms. The highest BCUT2D eigenvalue weighted by molar-refractivity contribution is 6.05. The summed E-state index contributed by atoms with van der Waals surface area (Å²) >= 11 is 0. The average molecular weight is 1990 g/mol. The molecule has 0 aromatic heterocycles. The van der Waals surface area contributed by atoms with Crippen molar-refractivity contribution in [3.63, 3.8) is 0 Å². The summed E-state index contributed by atoms with van der Waals surface area (Å²) in [5, 5.41) is 16.2. The predicted octanol–water partition coefficient (Wildman–Crippen LogP) is 12.4. The number of hydroxylamine groups is 12. The minimum atomic E-state index is -0.764. The maximum atomic E-state index is 11.4. The molecular weight excluding hydrogens is 1820 g/mol. The topological polar surface area (TPSA) is 589 Å². The summed E-state index contributed by atoms with van der Waals surface area (Å²) in [6, 6.07) is 7.20. The molecular formula is C93H169N11O34. The van der Waals surface area contributed by atoms with Crippen molar-refractivity contribution in [3.05, 3.63) is 29.8 Å². The van der Waals surface area contributed by atoms with Gasteiger partial charge >= 0.3 is 47.9 Å². The average Bonchev–Trinajstić information content (AvgIpc) is 1.76. The van der Waals surface area contributed by atoms with E-state index in [1.165, 1.54) is 0 Å². The molecule has 6 aliphatic heterocycles. The van der Waals surface area contributed by atoms with Crippen LogP contribution in [-0.4, -0.2) is 225 Å². The summed E-state index contributed by atoms with van der Waals surface area (Å²) in [5.74, 6) is -11.0. The molecule has 1 aromatic rings. The molecule has 0 spiro atoms. The van der Waals surface area contributed by atoms with Crippen LogP contribution in [0.4, 0.5) is 4.79 Å². The fourth-order valence-electron chi connectivity index (χ4n) is 9.91. The van der Waals surface area contributed by atoms with Crippen molar-refractivity contribution in [1.82, 2.24) is 57.0 Å². The first-order chi connectivity index (χ1) is 59.0. The molecule has 0 radical (unpaired) electrons. The molecule has 138 heavy (non-hydrogen) atoms. The number of unbranched alkanes of at least 4 members (excludes halogenated alkanes) is 3. The van der Waals surface area contributed by atoms with Gasteiger partial charge in [-0.3, -0.25) is 86.3 Å². The van der Waals surface area contributed by atoms with Crippen LogP contribution >= 0.6 is 0 Å². The number of rotatable bonds is 41. The van der Waals surface area contributed by atoms with E-state index in [0.717, 1.165) is 31.2 Å². The molecule has 45 heteroatoms. The summed E-state index contributed by atoms with van der Waals surface area (Å²) < 4.78 is 14.1. The van der Waals surface area contributed by atoms with Crippen molar-refractivity contribution in [2.75, 3.05) is 45.9 Å². The molecule has 6 saturated heterocycles. The Bertz CT molecular complexity index is 3730. The second-order valence-electron chi connectivity index (χ2n) is 26.7. The summed E-state index contributed by atoms with van der Waals surface area (Å²) in [4.78, 5) is 308. The zero-order chi connectivity index (χ0) is 93.1. The highest BCUT2D eigenvalue weighted by Crippen LogP contribution is 2.20. The van der Waals surface area contributed by atoms with E-state index in [-0.39, 0.29) is 288 Å². The largest absolute Gasteiger partial charge is 0.513 e. The Labute approximate surface area is 817 Å². The van der Waals surface area contributed by atoms with E-state index < -0.39 is 119 Å². The van der Waals surface area contributed by atoms with E-state index in [9.17, 15) is 120 Å². The van der Waals surface area contributed by atoms with Crippen molar-refractivity contribution in [3.8, 4) is 5.75 Å². The predicted molar refractivity (Wildman–Crippen MR) is 513 cm³/mol. The highest BCUT2D eigenvalue weighted by atomic mass is 16.8. The monoisotopic (exact) mass is 1980 g/mol. The van der Waals surface area contributed by atoms with Crippen LogP contribution in [0.2, 0.25) is 0 Å². The summed E-state index contributed by atoms with van der Waals surface area (Å²) in [6.07, 6.45) is 6.45. The normalized spacial score (nSPS) is 12.8. The number of benzene rings is 1. The number of hydrogen-bond acceptors (Lipinski definition) is 34. The molecule has 17 amide bonds. The number of carbonyl (C=O) groups is 25. The van der Waals surface area contributed by atoms with Gasteiger partial charge in [-0.2, -0.15) is 0 Å². The van der Waals surface area contributed by atoms with Gasteiger partial charge in [-0.15, -0.1) is 30.4 Å². The van der Waals surface area contributed by atoms with Gasteiger partial charge < -0.3 is 69.8 Å². The zero-order valence-corrected chi connectivity index (χ0v) is 71.2. The molecule has 45 nitrogen and oxygen atoms in total. The maximum absolute atomic E-state index is 11.4. The standard InChI is InChI=1S/C13H20N2O5.2C12H18N2O5.C11H16N2O5.C11H15NO6.C10H14N2O5.C10H12O3.14CH4/c1-2-3-9-14-10(16)5-4-6-13(19)20-15-11(17)7-8-12(15)18;1-2-13-9(15)5-3-4-6-12(18)19-14-10(16)7-8-11(14)17;1-2-3-8-13-9(15)4-7-12(18)19-14-10(16)5-6-11(14)17;1-2-12-8(14)4-3-5-11(17)18-13-9(15)6-7-10(13)16;1-2-17-10(15)4-3-5-11(16)18-12-8(13)6-7-9(12)14;1-2-11-7(13)3-6-10(16)17-12-8(14)4-5-9(12)15;1-3-12-10(11)13-9-6-4-8(2)5-7-9;;;;;;;;;;;;;;/h2-9H2,1H3,(H,14,16);2*2-8H2,1H3,(H,13,15);2-7H2,1H3,(H,12,14);2-7H2,1H3;2-6H2,1H3,(H,11,13);4-7H,3H2,1-2H3;14*1H4. The first-order valence-electron chi connectivity index (χ1n) is 40.8. The molecule has 0 atom stereocenters. The number of carbonyl (C=O) groups excluding carboxylic acids is 25. The van der Waals surface area contributed by atoms with Gasteiger partial charge in [0, 0.05) is 174 Å². The number of ether oxygens (including phenoxy) is 3. The zero-order valence-electron chi connectivity index (χ0n) is 71.2. The van der Waals surface area contributed by atoms with Crippen LogP contribution in [-0.2, 0) is 154 Å². The van der Waals surface area contributed by atoms with Crippen LogP contribution in [0.1, 0.15) is 370 Å². The van der Waals surface area contributed by atoms with Gasteiger partial charge in [0.15, 0.2) is 0 Å². The van der Waals surface area contributed by atoms with Crippen LogP contribution in [0.15, 0.2) is 24.3 Å². The first kappa shape index (κ1) is 156. The molecule has 7 rings (SSSR count). The lowest BCUT2D eigenvalue weighted by Crippen LogP contribution is -2.32. The third kappa shape index (κ3) is 68.9. The summed E-state index contributed by atoms with van der Waals surface area (Å²) in [6.45, 7) is 18.3. The second-order valence-corrected chi connectivity index (χ2v) is 26.7. The molecule has 5 N–H and O–H groups in total. The van der Waals surface area contributed by atoms with Crippen molar-refractivity contribution in [1.29, 1.82) is 0 Å². The Morgan fingerprint density at radius 1 is 0.246 bits per heavy atom. The summed E-state index contributed by atoms with van der Waals surface area (Å²) in [7, 11) is 0. The number of imide groups is 6. The Kier molecular flexibility index (Phi) is 102. The van der Waals surface area contributed by atoms with Gasteiger partial charge in [0.25, 0.3) is 70.9 Å². The van der Waals surface area contributed by atoms with Crippen molar-refractivity contribution < 1.29 is 163 Å². The van der Waals surface area contributed by atoms with Gasteiger partial charge in [0.05, 0.1) is 26.1 Å². The van der Waals surface area contributed by atoms with Crippen LogP contribution in [0, 0.1) is 6.92 Å². The van der Waals surface area contributed by atoms with Crippen LogP contribution in [0.5, 0.6) is 5.75 Å². The van der Waals surface area contributed by atoms with Gasteiger partial charge in [-0.25, -0.2) is 33.6 Å². The highest BCUT2D eigenvalue weighted by Gasteiger charge is 2.38. The van der Waals surface area contributed by atoms with E-state index in [1.54, 1.807) is 39.8 Å². The Morgan fingerprint density at radius 2 is 0.449 bits per heavy atom. The van der Waals surface area contributed by atoms with Crippen LogP contribution in [0.3, 0.4) is 0 Å². The lowest BCUT2D eigenvalue weighted by atomic mass is 10.2. The SMILES string of the molecule is C.C.C.C.C.C.C.C.C.C.C.C.C.C.CCCCNC(=O)CCC(=O)ON1C(=O)CCC1=O.CCCCNC(=O)CCCC(=O)ON1C(=O)CCC1=O.CCNC(=O)CCC(=O)ON1C(=O)CCC1=O.CCNC(=O)CCCC(=O)ON1C(=O)CCC1=O.CCNC(=O)CCCCC(=O)ON1C(=O)CCC1=O.CCOC(=O)CCCC(=O)ON1C(=O)CCC1=O.CCOC(=O)Oc1ccc(C)cc1. The van der Waals surface area contributed by atoms with Crippen molar-refractivity contribution in [2.24, 2.45) is 0 Å². The lowest BCUT2D eigenvalue weighted by Gasteiger charge is -2.12. The van der Waals surface area contributed by atoms with Crippen molar-refractivity contribution >= 4 is 148 Å². The van der Waals surface area contributed by atoms with Crippen molar-refractivity contribution in [2.45, 2.75) is 371 Å². The Morgan fingerprint density at radius 3 is 0.696 bits per heavy atom. The van der Waals surface area contributed by atoms with Gasteiger partial charge in [-0.05, 0) is 98.6 Å². The van der Waals surface area contributed by atoms with E-state index in [0.29, 0.717) is 114 Å². The van der Waals surface area contributed by atoms with Gasteiger partial charge in [-0.1, -0.05) is 148 Å². The number of esters is 1. The van der Waals surface area contributed by atoms with E-state index in [2.05, 4.69) is 65.1 Å². The minimum absolute atomic E-state index is 0. The first-order valence-corrected chi connectivity index (χ1v) is 40.8. The fraction of sp³-hybridized carbons (Fsp3) is 0.667. The quantitative estimate of drug-likeness (QED) is 0.0176. The molecule has 0 saturated carbocycles. The third-order valence-corrected chi connectivity index (χ3v) is 16.3. The van der Waals surface area contributed by atoms with Crippen LogP contribution in [0.25, 0.3) is 0 Å². The Hall–Kier alpha value is -13.0. The fourth-order valence-corrected chi connectivity index (χ4v) is 9.91. The van der Waals surface area contributed by atoms with E-state index >= 15 is 0 Å². The number of hydrogen-bond donors (Lipinski definition) is 5. The molecule has 800 valence electrons. The number of nitrogens with zero attached hydrogens (tertiary/aromatic N) is 6. The Balaban J connectivity index is -0.000000107. The van der Waals surface area contributed by atoms with E-state index in [1.807, 2.05) is 39.8 Å². The number of amides is 17. The molecule has 1 aromatic carbocycles. The third-order valence-electron chi connectivity index (χ3n) is 16.3.